The van der Waals surface area contributed by atoms with E-state index in [1.807, 2.05) is 88.4 Å². The second-order valence-electron chi connectivity index (χ2n) is 9.85. The van der Waals surface area contributed by atoms with Crippen molar-refractivity contribution in [2.75, 3.05) is 47.4 Å². The minimum absolute atomic E-state index is 0.0607. The van der Waals surface area contributed by atoms with E-state index in [0.717, 1.165) is 16.7 Å². The Morgan fingerprint density at radius 1 is 1.09 bits per heavy atom. The van der Waals surface area contributed by atoms with Gasteiger partial charge in [0.15, 0.2) is 0 Å². The van der Waals surface area contributed by atoms with Crippen molar-refractivity contribution < 1.29 is 19.4 Å². The van der Waals surface area contributed by atoms with Crippen LogP contribution in [0.25, 0.3) is 11.1 Å². The fourth-order valence-electron chi connectivity index (χ4n) is 4.43. The molecule has 3 rings (SSSR count). The van der Waals surface area contributed by atoms with Crippen molar-refractivity contribution in [3.8, 4) is 11.1 Å². The number of benzene rings is 2. The Kier molecular flexibility index (Phi) is 9.43. The Morgan fingerprint density at radius 3 is 2.37 bits per heavy atom. The normalized spacial score (nSPS) is 19.5. The molecule has 2 aromatic rings. The molecule has 7 heteroatoms. The van der Waals surface area contributed by atoms with Crippen LogP contribution < -0.4 is 0 Å². The van der Waals surface area contributed by atoms with E-state index < -0.39 is 0 Å². The molecule has 1 aliphatic heterocycles. The van der Waals surface area contributed by atoms with Gasteiger partial charge in [-0.05, 0) is 43.8 Å². The van der Waals surface area contributed by atoms with E-state index in [-0.39, 0.29) is 36.5 Å². The van der Waals surface area contributed by atoms with Crippen LogP contribution in [0.3, 0.4) is 0 Å². The lowest BCUT2D eigenvalue weighted by Crippen LogP contribution is -2.47. The topological polar surface area (TPSA) is 73.3 Å². The molecule has 0 radical (unpaired) electrons. The molecule has 0 fully saturated rings. The standard InChI is InChI=1S/C28H39N3O4/c1-20-16-31(21(2)18-32)28(34)25-13-9-8-12-24(25)23-11-7-6-10-22(23)19-35-26(20)17-30(5)27(33)14-15-29(3)4/h6-13,20-21,26,32H,14-19H2,1-5H3/t20-,21+,26+/m0/s1. The number of hydrogen-bond acceptors (Lipinski definition) is 5. The van der Waals surface area contributed by atoms with Gasteiger partial charge in [-0.1, -0.05) is 49.4 Å². The average Bonchev–Trinajstić information content (AvgIpc) is 2.88. The van der Waals surface area contributed by atoms with Crippen LogP contribution in [0.5, 0.6) is 0 Å². The van der Waals surface area contributed by atoms with E-state index in [9.17, 15) is 14.7 Å². The first kappa shape index (κ1) is 26.9. The first-order chi connectivity index (χ1) is 16.7. The fourth-order valence-corrected chi connectivity index (χ4v) is 4.43. The van der Waals surface area contributed by atoms with E-state index in [2.05, 4.69) is 0 Å². The summed E-state index contributed by atoms with van der Waals surface area (Å²) in [7, 11) is 5.71. The molecule has 0 bridgehead atoms. The van der Waals surface area contributed by atoms with Gasteiger partial charge in [0.05, 0.1) is 25.4 Å². The van der Waals surface area contributed by atoms with E-state index in [1.54, 1.807) is 9.80 Å². The van der Waals surface area contributed by atoms with Crippen LogP contribution in [0.15, 0.2) is 48.5 Å². The van der Waals surface area contributed by atoms with Crippen molar-refractivity contribution in [3.05, 3.63) is 59.7 Å². The van der Waals surface area contributed by atoms with Crippen molar-refractivity contribution in [1.29, 1.82) is 0 Å². The monoisotopic (exact) mass is 481 g/mol. The van der Waals surface area contributed by atoms with Gasteiger partial charge in [0.25, 0.3) is 5.91 Å². The highest BCUT2D eigenvalue weighted by atomic mass is 16.5. The number of rotatable bonds is 7. The van der Waals surface area contributed by atoms with Crippen molar-refractivity contribution >= 4 is 11.8 Å². The van der Waals surface area contributed by atoms with Gasteiger partial charge in [0.1, 0.15) is 0 Å². The molecule has 3 atom stereocenters. The van der Waals surface area contributed by atoms with Gasteiger partial charge in [-0.3, -0.25) is 9.59 Å². The first-order valence-corrected chi connectivity index (χ1v) is 12.3. The highest BCUT2D eigenvalue weighted by Crippen LogP contribution is 2.31. The quantitative estimate of drug-likeness (QED) is 0.658. The third-order valence-electron chi connectivity index (χ3n) is 6.75. The van der Waals surface area contributed by atoms with Crippen LogP contribution in [0, 0.1) is 5.92 Å². The van der Waals surface area contributed by atoms with Gasteiger partial charge in [0.2, 0.25) is 5.91 Å². The summed E-state index contributed by atoms with van der Waals surface area (Å²) in [6, 6.07) is 15.2. The number of carbonyl (C=O) groups excluding carboxylic acids is 2. The summed E-state index contributed by atoms with van der Waals surface area (Å²) in [5.41, 5.74) is 3.42. The Bertz CT molecular complexity index is 1010. The average molecular weight is 482 g/mol. The number of nitrogens with zero attached hydrogens (tertiary/aromatic N) is 3. The minimum Gasteiger partial charge on any atom is -0.394 e. The summed E-state index contributed by atoms with van der Waals surface area (Å²) in [5, 5.41) is 9.95. The minimum atomic E-state index is -0.353. The number of fused-ring (bicyclic) bond motifs is 3. The number of amides is 2. The van der Waals surface area contributed by atoms with Gasteiger partial charge in [-0.15, -0.1) is 0 Å². The van der Waals surface area contributed by atoms with Gasteiger partial charge in [-0.2, -0.15) is 0 Å². The maximum Gasteiger partial charge on any atom is 0.254 e. The van der Waals surface area contributed by atoms with Crippen LogP contribution >= 0.6 is 0 Å². The van der Waals surface area contributed by atoms with Crippen LogP contribution in [0.1, 0.15) is 36.2 Å². The van der Waals surface area contributed by atoms with E-state index in [1.165, 1.54) is 0 Å². The van der Waals surface area contributed by atoms with Crippen molar-refractivity contribution in [2.45, 2.75) is 39.0 Å². The molecule has 2 aromatic carbocycles. The zero-order valence-corrected chi connectivity index (χ0v) is 21.6. The summed E-state index contributed by atoms with van der Waals surface area (Å²) in [5.74, 6) is -0.109. The lowest BCUT2D eigenvalue weighted by atomic mass is 9.94. The van der Waals surface area contributed by atoms with Crippen LogP contribution in [-0.4, -0.2) is 91.2 Å². The summed E-state index contributed by atoms with van der Waals surface area (Å²) < 4.78 is 6.47. The van der Waals surface area contributed by atoms with Crippen LogP contribution in [-0.2, 0) is 16.1 Å². The zero-order valence-electron chi connectivity index (χ0n) is 21.6. The fraction of sp³-hybridized carbons (Fsp3) is 0.500. The highest BCUT2D eigenvalue weighted by molar-refractivity contribution is 6.01. The Balaban J connectivity index is 1.98. The second-order valence-corrected chi connectivity index (χ2v) is 9.85. The molecule has 1 N–H and O–H groups in total. The molecule has 2 amide bonds. The molecule has 0 saturated heterocycles. The number of aliphatic hydroxyl groups excluding tert-OH is 1. The zero-order chi connectivity index (χ0) is 25.5. The number of ether oxygens (including phenoxy) is 1. The number of aliphatic hydroxyl groups is 1. The predicted molar refractivity (Wildman–Crippen MR) is 138 cm³/mol. The second kappa shape index (κ2) is 12.3. The molecule has 190 valence electrons. The molecule has 1 aliphatic rings. The summed E-state index contributed by atoms with van der Waals surface area (Å²) in [4.78, 5) is 32.0. The van der Waals surface area contributed by atoms with Gasteiger partial charge >= 0.3 is 0 Å². The third-order valence-corrected chi connectivity index (χ3v) is 6.75. The molecule has 0 saturated carbocycles. The maximum atomic E-state index is 13.8. The van der Waals surface area contributed by atoms with Crippen molar-refractivity contribution in [2.24, 2.45) is 5.92 Å². The first-order valence-electron chi connectivity index (χ1n) is 12.3. The van der Waals surface area contributed by atoms with E-state index in [4.69, 9.17) is 4.74 Å². The lowest BCUT2D eigenvalue weighted by molar-refractivity contribution is -0.133. The highest BCUT2D eigenvalue weighted by Gasteiger charge is 2.31. The molecular formula is C28H39N3O4. The van der Waals surface area contributed by atoms with Crippen LogP contribution in [0.4, 0.5) is 0 Å². The predicted octanol–water partition coefficient (Wildman–Crippen LogP) is 3.12. The smallest absolute Gasteiger partial charge is 0.254 e. The number of likely N-dealkylation sites (N-methyl/N-ethyl adjacent to an activating group) is 1. The SMILES string of the molecule is C[C@H](CO)N1C[C@H](C)[C@@H](CN(C)C(=O)CCN(C)C)OCc2ccccc2-c2ccccc2C1=O. The summed E-state index contributed by atoms with van der Waals surface area (Å²) in [6.45, 7) is 5.67. The number of carbonyl (C=O) groups is 2. The molecule has 35 heavy (non-hydrogen) atoms. The van der Waals surface area contributed by atoms with Crippen LogP contribution in [0.2, 0.25) is 0 Å². The maximum absolute atomic E-state index is 13.8. The molecule has 7 nitrogen and oxygen atoms in total. The number of hydrogen-bond donors (Lipinski definition) is 1. The van der Waals surface area contributed by atoms with Crippen molar-refractivity contribution in [3.63, 3.8) is 0 Å². The Hall–Kier alpha value is -2.74. The molecule has 0 unspecified atom stereocenters. The molecule has 0 spiro atoms. The van der Waals surface area contributed by atoms with Gasteiger partial charge in [0, 0.05) is 44.6 Å². The lowest BCUT2D eigenvalue weighted by Gasteiger charge is -2.35. The molecule has 0 aliphatic carbocycles. The van der Waals surface area contributed by atoms with Gasteiger partial charge in [-0.25, -0.2) is 0 Å². The summed E-state index contributed by atoms with van der Waals surface area (Å²) >= 11 is 0. The largest absolute Gasteiger partial charge is 0.394 e. The third kappa shape index (κ3) is 6.69. The summed E-state index contributed by atoms with van der Waals surface area (Å²) in [6.07, 6.45) is 0.160. The van der Waals surface area contributed by atoms with E-state index in [0.29, 0.717) is 38.2 Å². The Labute approximate surface area is 209 Å². The Morgan fingerprint density at radius 2 is 1.71 bits per heavy atom. The van der Waals surface area contributed by atoms with Crippen molar-refractivity contribution in [1.82, 2.24) is 14.7 Å². The molecule has 1 heterocycles. The van der Waals surface area contributed by atoms with Gasteiger partial charge < -0.3 is 24.5 Å². The van der Waals surface area contributed by atoms with E-state index >= 15 is 0 Å². The molecule has 0 aromatic heterocycles. The molecular weight excluding hydrogens is 442 g/mol.